The normalized spacial score (nSPS) is 10.7. The number of rotatable bonds is 6. The number of nitrogens with zero attached hydrogens (tertiary/aromatic N) is 3. The predicted octanol–water partition coefficient (Wildman–Crippen LogP) is 1.04. The number of benzene rings is 1. The number of aromatic carboxylic acids is 1. The number of hydrogen-bond donors (Lipinski definition) is 2. The summed E-state index contributed by atoms with van der Waals surface area (Å²) in [4.78, 5) is 10.6. The highest BCUT2D eigenvalue weighted by molar-refractivity contribution is 5.84. The second-order valence-corrected chi connectivity index (χ2v) is 4.10. The molecule has 0 spiro atoms. The van der Waals surface area contributed by atoms with Crippen LogP contribution in [0.25, 0.3) is 0 Å². The Balaban J connectivity index is 1.78. The van der Waals surface area contributed by atoms with Gasteiger partial charge in [0.05, 0.1) is 12.7 Å². The van der Waals surface area contributed by atoms with Gasteiger partial charge in [0.15, 0.2) is 17.3 Å². The minimum absolute atomic E-state index is 0.120. The van der Waals surface area contributed by atoms with E-state index in [1.807, 2.05) is 0 Å². The molecule has 106 valence electrons. The van der Waals surface area contributed by atoms with Crippen LogP contribution in [0.2, 0.25) is 0 Å². The van der Waals surface area contributed by atoms with Gasteiger partial charge in [-0.2, -0.15) is 0 Å². The highest BCUT2D eigenvalue weighted by Gasteiger charge is 2.07. The summed E-state index contributed by atoms with van der Waals surface area (Å²) >= 11 is 0. The van der Waals surface area contributed by atoms with Gasteiger partial charge in [0.25, 0.3) is 0 Å². The summed E-state index contributed by atoms with van der Waals surface area (Å²) in [6, 6.07) is 3.69. The Kier molecular flexibility index (Phi) is 4.36. The van der Waals surface area contributed by atoms with Crippen LogP contribution >= 0.6 is 0 Å². The average molecular weight is 282 g/mol. The van der Waals surface area contributed by atoms with Gasteiger partial charge in [-0.15, -0.1) is 5.10 Å². The molecule has 20 heavy (non-hydrogen) atoms. The predicted molar refractivity (Wildman–Crippen MR) is 65.0 cm³/mol. The van der Waals surface area contributed by atoms with E-state index in [2.05, 4.69) is 15.6 Å². The molecule has 2 N–H and O–H groups in total. The van der Waals surface area contributed by atoms with Gasteiger partial charge in [-0.05, 0) is 17.7 Å². The summed E-state index contributed by atoms with van der Waals surface area (Å²) in [5, 5.41) is 18.8. The maximum absolute atomic E-state index is 13.0. The Morgan fingerprint density at radius 3 is 2.80 bits per heavy atom. The molecular weight excluding hydrogens is 270 g/mol. The number of hydrogen-bond acceptors (Lipinski definition) is 4. The van der Waals surface area contributed by atoms with Gasteiger partial charge in [0.1, 0.15) is 0 Å². The zero-order valence-corrected chi connectivity index (χ0v) is 10.4. The van der Waals surface area contributed by atoms with E-state index in [0.717, 1.165) is 12.1 Å². The van der Waals surface area contributed by atoms with Crippen molar-refractivity contribution in [1.29, 1.82) is 0 Å². The van der Waals surface area contributed by atoms with Crippen molar-refractivity contribution in [3.63, 3.8) is 0 Å². The second kappa shape index (κ2) is 6.20. The van der Waals surface area contributed by atoms with E-state index < -0.39 is 17.6 Å². The van der Waals surface area contributed by atoms with Crippen LogP contribution in [0.15, 0.2) is 24.4 Å². The summed E-state index contributed by atoms with van der Waals surface area (Å²) in [5.74, 6) is -2.89. The zero-order chi connectivity index (χ0) is 14.5. The molecule has 0 bridgehead atoms. The molecule has 0 unspecified atom stereocenters. The number of carboxylic acid groups (broad SMARTS) is 1. The van der Waals surface area contributed by atoms with Gasteiger partial charge in [-0.1, -0.05) is 11.3 Å². The Morgan fingerprint density at radius 2 is 2.15 bits per heavy atom. The number of nitrogens with one attached hydrogen (secondary N) is 1. The Hall–Kier alpha value is -2.35. The Bertz CT molecular complexity index is 615. The third-order valence-electron chi connectivity index (χ3n) is 2.59. The molecular formula is C12H12F2N4O2. The van der Waals surface area contributed by atoms with Gasteiger partial charge in [0.2, 0.25) is 0 Å². The van der Waals surface area contributed by atoms with E-state index in [-0.39, 0.29) is 5.69 Å². The number of aromatic nitrogens is 3. The average Bonchev–Trinajstić information content (AvgIpc) is 2.88. The van der Waals surface area contributed by atoms with Gasteiger partial charge in [0, 0.05) is 13.1 Å². The topological polar surface area (TPSA) is 80.0 Å². The number of carboxylic acids is 1. The molecule has 2 aromatic rings. The summed E-state index contributed by atoms with van der Waals surface area (Å²) < 4.78 is 27.1. The molecule has 1 aromatic carbocycles. The third kappa shape index (κ3) is 3.58. The molecule has 0 aliphatic heterocycles. The lowest BCUT2D eigenvalue weighted by Gasteiger charge is -2.05. The van der Waals surface area contributed by atoms with Crippen LogP contribution in [-0.4, -0.2) is 32.6 Å². The van der Waals surface area contributed by atoms with Crippen molar-refractivity contribution in [2.75, 3.05) is 6.54 Å². The molecule has 0 aliphatic carbocycles. The maximum Gasteiger partial charge on any atom is 0.358 e. The number of carbonyl (C=O) groups is 1. The molecule has 0 saturated heterocycles. The fourth-order valence-corrected chi connectivity index (χ4v) is 1.58. The first-order valence-electron chi connectivity index (χ1n) is 5.84. The van der Waals surface area contributed by atoms with Gasteiger partial charge < -0.3 is 10.4 Å². The number of halogens is 2. The molecule has 1 heterocycles. The molecule has 0 amide bonds. The molecule has 0 atom stereocenters. The highest BCUT2D eigenvalue weighted by atomic mass is 19.2. The lowest BCUT2D eigenvalue weighted by molar-refractivity contribution is 0.0690. The van der Waals surface area contributed by atoms with Crippen LogP contribution in [-0.2, 0) is 13.1 Å². The van der Waals surface area contributed by atoms with Crippen molar-refractivity contribution in [3.8, 4) is 0 Å². The molecule has 8 heteroatoms. The van der Waals surface area contributed by atoms with E-state index >= 15 is 0 Å². The second-order valence-electron chi connectivity index (χ2n) is 4.10. The summed E-state index contributed by atoms with van der Waals surface area (Å²) in [5.41, 5.74) is 0.499. The van der Waals surface area contributed by atoms with Crippen molar-refractivity contribution in [2.45, 2.75) is 13.1 Å². The molecule has 6 nitrogen and oxygen atoms in total. The van der Waals surface area contributed by atoms with E-state index in [4.69, 9.17) is 5.11 Å². The lowest BCUT2D eigenvalue weighted by Crippen LogP contribution is -2.20. The summed E-state index contributed by atoms with van der Waals surface area (Å²) in [6.45, 7) is 1.28. The zero-order valence-electron chi connectivity index (χ0n) is 10.4. The maximum atomic E-state index is 13.0. The monoisotopic (exact) mass is 282 g/mol. The van der Waals surface area contributed by atoms with Crippen LogP contribution in [0.1, 0.15) is 16.1 Å². The summed E-state index contributed by atoms with van der Waals surface area (Å²) in [7, 11) is 0. The fourth-order valence-electron chi connectivity index (χ4n) is 1.58. The quantitative estimate of drug-likeness (QED) is 0.774. The van der Waals surface area contributed by atoms with Crippen LogP contribution in [0, 0.1) is 11.6 Å². The fraction of sp³-hybridized carbons (Fsp3) is 0.250. The van der Waals surface area contributed by atoms with E-state index in [1.165, 1.54) is 16.9 Å². The minimum atomic E-state index is -1.13. The van der Waals surface area contributed by atoms with Crippen molar-refractivity contribution in [3.05, 3.63) is 47.3 Å². The standard InChI is InChI=1S/C12H12F2N4O2/c13-9-2-1-8(5-10(9)14)6-15-3-4-18-7-11(12(19)20)16-17-18/h1-2,5,7,15H,3-4,6H2,(H,19,20). The molecule has 0 saturated carbocycles. The first-order chi connectivity index (χ1) is 9.56. The van der Waals surface area contributed by atoms with E-state index in [1.54, 1.807) is 0 Å². The summed E-state index contributed by atoms with van der Waals surface area (Å²) in [6.07, 6.45) is 1.32. The van der Waals surface area contributed by atoms with Crippen LogP contribution in [0.5, 0.6) is 0 Å². The van der Waals surface area contributed by atoms with Gasteiger partial charge in [-0.3, -0.25) is 4.68 Å². The van der Waals surface area contributed by atoms with Gasteiger partial charge in [-0.25, -0.2) is 13.6 Å². The largest absolute Gasteiger partial charge is 0.476 e. The third-order valence-corrected chi connectivity index (χ3v) is 2.59. The van der Waals surface area contributed by atoms with Crippen LogP contribution in [0.3, 0.4) is 0 Å². The van der Waals surface area contributed by atoms with Crippen LogP contribution < -0.4 is 5.32 Å². The van der Waals surface area contributed by atoms with Crippen molar-refractivity contribution < 1.29 is 18.7 Å². The Labute approximate surface area is 113 Å². The highest BCUT2D eigenvalue weighted by Crippen LogP contribution is 2.08. The van der Waals surface area contributed by atoms with Crippen molar-refractivity contribution in [2.24, 2.45) is 0 Å². The SMILES string of the molecule is O=C(O)c1cn(CCNCc2ccc(F)c(F)c2)nn1. The smallest absolute Gasteiger partial charge is 0.358 e. The first kappa shape index (κ1) is 14.1. The van der Waals surface area contributed by atoms with Gasteiger partial charge >= 0.3 is 5.97 Å². The Morgan fingerprint density at radius 1 is 1.35 bits per heavy atom. The van der Waals surface area contributed by atoms with E-state index in [0.29, 0.717) is 25.2 Å². The van der Waals surface area contributed by atoms with E-state index in [9.17, 15) is 13.6 Å². The molecule has 2 rings (SSSR count). The molecule has 0 fully saturated rings. The first-order valence-corrected chi connectivity index (χ1v) is 5.84. The van der Waals surface area contributed by atoms with Crippen molar-refractivity contribution >= 4 is 5.97 Å². The minimum Gasteiger partial charge on any atom is -0.476 e. The molecule has 1 aromatic heterocycles. The molecule has 0 aliphatic rings. The van der Waals surface area contributed by atoms with Crippen LogP contribution in [0.4, 0.5) is 8.78 Å². The lowest BCUT2D eigenvalue weighted by atomic mass is 10.2. The molecule has 0 radical (unpaired) electrons. The van der Waals surface area contributed by atoms with Crippen molar-refractivity contribution in [1.82, 2.24) is 20.3 Å².